The van der Waals surface area contributed by atoms with Crippen LogP contribution in [0.4, 0.5) is 0 Å². The fourth-order valence-electron chi connectivity index (χ4n) is 2.23. The van der Waals surface area contributed by atoms with Crippen molar-refractivity contribution < 1.29 is 4.79 Å². The van der Waals surface area contributed by atoms with Crippen LogP contribution in [0.5, 0.6) is 0 Å². The molecule has 0 saturated heterocycles. The minimum Gasteiger partial charge on any atom is -0.312 e. The number of ketones is 1. The second-order valence-corrected chi connectivity index (χ2v) is 5.18. The molecule has 3 heteroatoms. The van der Waals surface area contributed by atoms with Crippen molar-refractivity contribution in [3.8, 4) is 0 Å². The molecule has 0 heterocycles. The Bertz CT molecular complexity index is 364. The van der Waals surface area contributed by atoms with Gasteiger partial charge < -0.3 is 5.32 Å². The Morgan fingerprint density at radius 3 is 2.47 bits per heavy atom. The number of carbonyl (C=O) groups is 1. The molecule has 1 aliphatic rings. The van der Waals surface area contributed by atoms with Crippen molar-refractivity contribution in [2.75, 3.05) is 6.54 Å². The summed E-state index contributed by atoms with van der Waals surface area (Å²) in [6, 6.07) is 7.91. The minimum atomic E-state index is 0.430. The number of carbonyl (C=O) groups excluding carboxylic acids is 1. The van der Waals surface area contributed by atoms with Gasteiger partial charge in [0.1, 0.15) is 5.78 Å². The first-order chi connectivity index (χ1) is 8.24. The van der Waals surface area contributed by atoms with Gasteiger partial charge in [0.2, 0.25) is 0 Å². The van der Waals surface area contributed by atoms with Gasteiger partial charge in [0, 0.05) is 24.4 Å². The molecular weight excluding hydrogens is 234 g/mol. The monoisotopic (exact) mass is 251 g/mol. The Balaban J connectivity index is 1.69. The first-order valence-electron chi connectivity index (χ1n) is 6.21. The number of hydrogen-bond donors (Lipinski definition) is 1. The molecule has 1 saturated carbocycles. The van der Waals surface area contributed by atoms with Crippen LogP contribution in [-0.4, -0.2) is 12.3 Å². The van der Waals surface area contributed by atoms with Crippen molar-refractivity contribution >= 4 is 17.4 Å². The molecular formula is C14H18ClNO. The summed E-state index contributed by atoms with van der Waals surface area (Å²) in [7, 11) is 0. The Morgan fingerprint density at radius 2 is 1.82 bits per heavy atom. The number of halogens is 1. The van der Waals surface area contributed by atoms with E-state index in [1.807, 2.05) is 24.3 Å². The zero-order valence-corrected chi connectivity index (χ0v) is 10.7. The number of rotatable bonds is 4. The number of benzene rings is 1. The van der Waals surface area contributed by atoms with Gasteiger partial charge in [-0.1, -0.05) is 23.7 Å². The summed E-state index contributed by atoms with van der Waals surface area (Å²) >= 11 is 5.83. The first kappa shape index (κ1) is 12.6. The van der Waals surface area contributed by atoms with E-state index in [4.69, 9.17) is 11.6 Å². The van der Waals surface area contributed by atoms with Crippen LogP contribution in [-0.2, 0) is 11.3 Å². The zero-order valence-electron chi connectivity index (χ0n) is 9.92. The van der Waals surface area contributed by atoms with Crippen LogP contribution in [0.2, 0.25) is 5.02 Å². The molecule has 1 N–H and O–H groups in total. The van der Waals surface area contributed by atoms with Gasteiger partial charge in [0.15, 0.2) is 0 Å². The van der Waals surface area contributed by atoms with E-state index < -0.39 is 0 Å². The van der Waals surface area contributed by atoms with Gasteiger partial charge >= 0.3 is 0 Å². The molecule has 0 bridgehead atoms. The highest BCUT2D eigenvalue weighted by Crippen LogP contribution is 2.20. The number of Topliss-reactive ketones (excluding diaryl/α,β-unsaturated/α-hetero) is 1. The predicted molar refractivity (Wildman–Crippen MR) is 70.1 cm³/mol. The van der Waals surface area contributed by atoms with Gasteiger partial charge in [-0.05, 0) is 43.0 Å². The summed E-state index contributed by atoms with van der Waals surface area (Å²) in [5.41, 5.74) is 1.25. The third-order valence-electron chi connectivity index (χ3n) is 3.34. The molecule has 0 aromatic heterocycles. The van der Waals surface area contributed by atoms with E-state index in [1.165, 1.54) is 5.56 Å². The van der Waals surface area contributed by atoms with Crippen molar-refractivity contribution in [2.45, 2.75) is 32.2 Å². The molecule has 92 valence electrons. The molecule has 1 aromatic rings. The van der Waals surface area contributed by atoms with Gasteiger partial charge in [0.05, 0.1) is 0 Å². The lowest BCUT2D eigenvalue weighted by atomic mass is 9.88. The van der Waals surface area contributed by atoms with Crippen LogP contribution < -0.4 is 5.32 Å². The molecule has 0 atom stereocenters. The topological polar surface area (TPSA) is 29.1 Å². The fourth-order valence-corrected chi connectivity index (χ4v) is 2.35. The summed E-state index contributed by atoms with van der Waals surface area (Å²) in [4.78, 5) is 11.1. The van der Waals surface area contributed by atoms with Gasteiger partial charge in [0.25, 0.3) is 0 Å². The van der Waals surface area contributed by atoms with Gasteiger partial charge in [-0.15, -0.1) is 0 Å². The summed E-state index contributed by atoms with van der Waals surface area (Å²) in [6.07, 6.45) is 3.64. The summed E-state index contributed by atoms with van der Waals surface area (Å²) < 4.78 is 0. The largest absolute Gasteiger partial charge is 0.312 e. The van der Waals surface area contributed by atoms with Crippen molar-refractivity contribution in [3.05, 3.63) is 34.9 Å². The summed E-state index contributed by atoms with van der Waals surface area (Å²) in [6.45, 7) is 1.89. The summed E-state index contributed by atoms with van der Waals surface area (Å²) in [5, 5.41) is 4.23. The second kappa shape index (κ2) is 6.18. The minimum absolute atomic E-state index is 0.430. The number of hydrogen-bond acceptors (Lipinski definition) is 2. The van der Waals surface area contributed by atoms with Crippen molar-refractivity contribution in [1.29, 1.82) is 0 Å². The van der Waals surface area contributed by atoms with Gasteiger partial charge in [-0.3, -0.25) is 4.79 Å². The fraction of sp³-hybridized carbons (Fsp3) is 0.500. The first-order valence-corrected chi connectivity index (χ1v) is 6.58. The summed E-state index contributed by atoms with van der Waals surface area (Å²) in [5.74, 6) is 1.10. The van der Waals surface area contributed by atoms with Crippen LogP contribution in [0, 0.1) is 5.92 Å². The lowest BCUT2D eigenvalue weighted by Gasteiger charge is -2.21. The van der Waals surface area contributed by atoms with Crippen LogP contribution in [0.15, 0.2) is 24.3 Å². The highest BCUT2D eigenvalue weighted by Gasteiger charge is 2.17. The molecule has 2 nitrogen and oxygen atoms in total. The van der Waals surface area contributed by atoms with E-state index in [9.17, 15) is 4.79 Å². The molecule has 1 fully saturated rings. The van der Waals surface area contributed by atoms with E-state index >= 15 is 0 Å². The average molecular weight is 252 g/mol. The third kappa shape index (κ3) is 4.14. The molecule has 2 rings (SSSR count). The van der Waals surface area contributed by atoms with Crippen molar-refractivity contribution in [2.24, 2.45) is 5.92 Å². The van der Waals surface area contributed by atoms with Crippen LogP contribution in [0.1, 0.15) is 31.2 Å². The maximum atomic E-state index is 11.1. The Labute approximate surface area is 107 Å². The highest BCUT2D eigenvalue weighted by atomic mass is 35.5. The van der Waals surface area contributed by atoms with E-state index in [0.717, 1.165) is 43.8 Å². The lowest BCUT2D eigenvalue weighted by Crippen LogP contribution is -2.26. The molecule has 17 heavy (non-hydrogen) atoms. The highest BCUT2D eigenvalue weighted by molar-refractivity contribution is 6.30. The zero-order chi connectivity index (χ0) is 12.1. The van der Waals surface area contributed by atoms with Crippen molar-refractivity contribution in [3.63, 3.8) is 0 Å². The normalized spacial score (nSPS) is 17.4. The van der Waals surface area contributed by atoms with E-state index in [2.05, 4.69) is 5.32 Å². The smallest absolute Gasteiger partial charge is 0.132 e. The van der Waals surface area contributed by atoms with E-state index in [-0.39, 0.29) is 0 Å². The molecule has 0 amide bonds. The average Bonchev–Trinajstić information content (AvgIpc) is 2.34. The second-order valence-electron chi connectivity index (χ2n) is 4.74. The predicted octanol–water partition coefficient (Wildman–Crippen LogP) is 3.19. The lowest BCUT2D eigenvalue weighted by molar-refractivity contribution is -0.120. The van der Waals surface area contributed by atoms with E-state index in [1.54, 1.807) is 0 Å². The molecule has 1 aromatic carbocycles. The van der Waals surface area contributed by atoms with E-state index in [0.29, 0.717) is 11.7 Å². The van der Waals surface area contributed by atoms with Crippen LogP contribution >= 0.6 is 11.6 Å². The number of nitrogens with one attached hydrogen (secondary N) is 1. The standard InChI is InChI=1S/C14H18ClNO/c15-13-5-1-11(2-6-13)9-16-10-12-3-7-14(17)8-4-12/h1-2,5-6,12,16H,3-4,7-10H2. The third-order valence-corrected chi connectivity index (χ3v) is 3.59. The van der Waals surface area contributed by atoms with Gasteiger partial charge in [-0.25, -0.2) is 0 Å². The van der Waals surface area contributed by atoms with Gasteiger partial charge in [-0.2, -0.15) is 0 Å². The SMILES string of the molecule is O=C1CCC(CNCc2ccc(Cl)cc2)CC1. The van der Waals surface area contributed by atoms with Crippen LogP contribution in [0.25, 0.3) is 0 Å². The molecule has 0 radical (unpaired) electrons. The molecule has 0 unspecified atom stereocenters. The quantitative estimate of drug-likeness (QED) is 0.891. The van der Waals surface area contributed by atoms with Crippen LogP contribution in [0.3, 0.4) is 0 Å². The maximum absolute atomic E-state index is 11.1. The Kier molecular flexibility index (Phi) is 4.57. The molecule has 0 spiro atoms. The molecule has 0 aliphatic heterocycles. The van der Waals surface area contributed by atoms with Crippen molar-refractivity contribution in [1.82, 2.24) is 5.32 Å². The molecule has 1 aliphatic carbocycles. The Morgan fingerprint density at radius 1 is 1.18 bits per heavy atom. The Hall–Kier alpha value is -0.860. The maximum Gasteiger partial charge on any atom is 0.132 e.